The predicted octanol–water partition coefficient (Wildman–Crippen LogP) is 0.906. The quantitative estimate of drug-likeness (QED) is 0.805. The minimum Gasteiger partial charge on any atom is -0.474 e. The molecule has 1 heterocycles. The van der Waals surface area contributed by atoms with Crippen molar-refractivity contribution in [1.82, 2.24) is 0 Å². The second-order valence-electron chi connectivity index (χ2n) is 3.73. The molecule has 0 spiro atoms. The molecule has 1 amide bonds. The van der Waals surface area contributed by atoms with E-state index >= 15 is 0 Å². The van der Waals surface area contributed by atoms with Crippen LogP contribution in [-0.2, 0) is 14.6 Å². The molecule has 1 aromatic rings. The molecule has 1 aliphatic heterocycles. The molecule has 0 aromatic heterocycles. The Labute approximate surface area is 98.8 Å². The SMILES string of the molecule is C=C1OC(C)S(=O)(=O)c2cc(C(N)=O)ccc21. The highest BCUT2D eigenvalue weighted by Crippen LogP contribution is 2.34. The Balaban J connectivity index is 2.74. The molecule has 17 heavy (non-hydrogen) atoms. The molecule has 90 valence electrons. The normalized spacial score (nSPS) is 21.5. The van der Waals surface area contributed by atoms with Crippen molar-refractivity contribution in [2.75, 3.05) is 0 Å². The summed E-state index contributed by atoms with van der Waals surface area (Å²) in [7, 11) is -3.60. The Hall–Kier alpha value is -1.82. The summed E-state index contributed by atoms with van der Waals surface area (Å²) in [6, 6.07) is 4.18. The van der Waals surface area contributed by atoms with E-state index in [0.29, 0.717) is 5.56 Å². The van der Waals surface area contributed by atoms with Crippen molar-refractivity contribution in [2.45, 2.75) is 17.3 Å². The van der Waals surface area contributed by atoms with Crippen molar-refractivity contribution in [3.05, 3.63) is 35.9 Å². The van der Waals surface area contributed by atoms with Gasteiger partial charge in [-0.05, 0) is 25.1 Å². The van der Waals surface area contributed by atoms with Crippen molar-refractivity contribution in [3.8, 4) is 0 Å². The van der Waals surface area contributed by atoms with E-state index < -0.39 is 21.2 Å². The molecule has 2 rings (SSSR count). The van der Waals surface area contributed by atoms with Gasteiger partial charge in [-0.2, -0.15) is 0 Å². The average molecular weight is 253 g/mol. The van der Waals surface area contributed by atoms with E-state index in [2.05, 4.69) is 6.58 Å². The third kappa shape index (κ3) is 1.70. The maximum atomic E-state index is 12.0. The van der Waals surface area contributed by atoms with Crippen LogP contribution in [0.5, 0.6) is 0 Å². The summed E-state index contributed by atoms with van der Waals surface area (Å²) in [6.45, 7) is 5.06. The fourth-order valence-corrected chi connectivity index (χ4v) is 3.03. The fourth-order valence-electron chi connectivity index (χ4n) is 1.65. The maximum Gasteiger partial charge on any atom is 0.248 e. The minimum atomic E-state index is -3.60. The highest BCUT2D eigenvalue weighted by Gasteiger charge is 2.34. The van der Waals surface area contributed by atoms with Gasteiger partial charge in [0.05, 0.1) is 4.90 Å². The number of sulfone groups is 1. The smallest absolute Gasteiger partial charge is 0.248 e. The van der Waals surface area contributed by atoms with Crippen LogP contribution < -0.4 is 5.73 Å². The van der Waals surface area contributed by atoms with E-state index in [1.807, 2.05) is 0 Å². The van der Waals surface area contributed by atoms with Gasteiger partial charge in [0.15, 0.2) is 0 Å². The molecule has 0 saturated heterocycles. The third-order valence-electron chi connectivity index (χ3n) is 2.62. The van der Waals surface area contributed by atoms with Crippen molar-refractivity contribution < 1.29 is 17.9 Å². The van der Waals surface area contributed by atoms with Crippen molar-refractivity contribution in [1.29, 1.82) is 0 Å². The van der Waals surface area contributed by atoms with E-state index in [4.69, 9.17) is 10.5 Å². The van der Waals surface area contributed by atoms with Gasteiger partial charge in [0.2, 0.25) is 21.2 Å². The van der Waals surface area contributed by atoms with Gasteiger partial charge < -0.3 is 10.5 Å². The molecule has 0 aliphatic carbocycles. The lowest BCUT2D eigenvalue weighted by Gasteiger charge is -2.25. The molecular weight excluding hydrogens is 242 g/mol. The summed E-state index contributed by atoms with van der Waals surface area (Å²) in [6.07, 6.45) is 0. The van der Waals surface area contributed by atoms with E-state index in [0.717, 1.165) is 0 Å². The summed E-state index contributed by atoms with van der Waals surface area (Å²) in [4.78, 5) is 11.1. The second kappa shape index (κ2) is 3.59. The lowest BCUT2D eigenvalue weighted by molar-refractivity contribution is 0.1000. The van der Waals surface area contributed by atoms with Crippen molar-refractivity contribution >= 4 is 21.5 Å². The first kappa shape index (κ1) is 11.7. The topological polar surface area (TPSA) is 86.5 Å². The summed E-state index contributed by atoms with van der Waals surface area (Å²) < 4.78 is 29.1. The number of hydrogen-bond acceptors (Lipinski definition) is 4. The minimum absolute atomic E-state index is 0.0394. The van der Waals surface area contributed by atoms with Gasteiger partial charge in [0.25, 0.3) is 0 Å². The molecule has 1 aromatic carbocycles. The number of amides is 1. The summed E-state index contributed by atoms with van der Waals surface area (Å²) >= 11 is 0. The Kier molecular flexibility index (Phi) is 2.46. The molecule has 1 atom stereocenters. The predicted molar refractivity (Wildman–Crippen MR) is 61.7 cm³/mol. The molecule has 6 heteroatoms. The largest absolute Gasteiger partial charge is 0.474 e. The average Bonchev–Trinajstić information content (AvgIpc) is 2.26. The number of fused-ring (bicyclic) bond motifs is 1. The van der Waals surface area contributed by atoms with Crippen LogP contribution in [0.3, 0.4) is 0 Å². The zero-order valence-electron chi connectivity index (χ0n) is 9.14. The lowest BCUT2D eigenvalue weighted by Crippen LogP contribution is -2.27. The van der Waals surface area contributed by atoms with Crippen molar-refractivity contribution in [2.24, 2.45) is 5.73 Å². The Morgan fingerprint density at radius 3 is 2.71 bits per heavy atom. The molecule has 2 N–H and O–H groups in total. The first-order valence-corrected chi connectivity index (χ1v) is 6.42. The number of primary amides is 1. The summed E-state index contributed by atoms with van der Waals surface area (Å²) in [5.41, 5.74) is 4.62. The molecular formula is C11H11NO4S. The summed E-state index contributed by atoms with van der Waals surface area (Å²) in [5, 5.41) is 0. The third-order valence-corrected chi connectivity index (χ3v) is 4.54. The van der Waals surface area contributed by atoms with Gasteiger partial charge in [-0.3, -0.25) is 4.79 Å². The lowest BCUT2D eigenvalue weighted by atomic mass is 10.1. The van der Waals surface area contributed by atoms with Crippen LogP contribution in [0, 0.1) is 0 Å². The molecule has 1 aliphatic rings. The number of nitrogens with two attached hydrogens (primary N) is 1. The zero-order valence-corrected chi connectivity index (χ0v) is 9.95. The molecule has 0 bridgehead atoms. The first-order chi connectivity index (χ1) is 7.84. The van der Waals surface area contributed by atoms with Crippen molar-refractivity contribution in [3.63, 3.8) is 0 Å². The highest BCUT2D eigenvalue weighted by molar-refractivity contribution is 7.92. The Morgan fingerprint density at radius 1 is 1.47 bits per heavy atom. The van der Waals surface area contributed by atoms with E-state index in [-0.39, 0.29) is 16.2 Å². The first-order valence-electron chi connectivity index (χ1n) is 4.87. The van der Waals surface area contributed by atoms with Crippen LogP contribution in [0.2, 0.25) is 0 Å². The Morgan fingerprint density at radius 2 is 2.12 bits per heavy atom. The van der Waals surface area contributed by atoms with Crippen LogP contribution in [0.25, 0.3) is 5.76 Å². The number of hydrogen-bond donors (Lipinski definition) is 1. The van der Waals surface area contributed by atoms with Crippen LogP contribution in [0.1, 0.15) is 22.8 Å². The van der Waals surface area contributed by atoms with E-state index in [1.165, 1.54) is 25.1 Å². The number of ether oxygens (including phenoxy) is 1. The number of carbonyl (C=O) groups is 1. The van der Waals surface area contributed by atoms with Gasteiger partial charge >= 0.3 is 0 Å². The number of carbonyl (C=O) groups excluding carboxylic acids is 1. The van der Waals surface area contributed by atoms with E-state index in [1.54, 1.807) is 0 Å². The highest BCUT2D eigenvalue weighted by atomic mass is 32.2. The van der Waals surface area contributed by atoms with Gasteiger partial charge in [0, 0.05) is 11.1 Å². The van der Waals surface area contributed by atoms with Gasteiger partial charge in [0.1, 0.15) is 5.76 Å². The van der Waals surface area contributed by atoms with Crippen LogP contribution in [0.4, 0.5) is 0 Å². The number of rotatable bonds is 1. The van der Waals surface area contributed by atoms with Gasteiger partial charge in [-0.1, -0.05) is 6.58 Å². The molecule has 0 radical (unpaired) electrons. The monoisotopic (exact) mass is 253 g/mol. The summed E-state index contributed by atoms with van der Waals surface area (Å²) in [5.74, 6) is -0.397. The number of benzene rings is 1. The second-order valence-corrected chi connectivity index (χ2v) is 5.92. The molecule has 0 fully saturated rings. The van der Waals surface area contributed by atoms with E-state index in [9.17, 15) is 13.2 Å². The molecule has 5 nitrogen and oxygen atoms in total. The maximum absolute atomic E-state index is 12.0. The molecule has 0 saturated carbocycles. The van der Waals surface area contributed by atoms with Crippen LogP contribution >= 0.6 is 0 Å². The Bertz CT molecular complexity index is 618. The van der Waals surface area contributed by atoms with Crippen LogP contribution in [0.15, 0.2) is 29.7 Å². The van der Waals surface area contributed by atoms with Crippen LogP contribution in [-0.4, -0.2) is 19.8 Å². The van der Waals surface area contributed by atoms with Gasteiger partial charge in [-0.25, -0.2) is 8.42 Å². The molecule has 1 unspecified atom stereocenters. The zero-order chi connectivity index (χ0) is 12.8. The fraction of sp³-hybridized carbons (Fsp3) is 0.182. The van der Waals surface area contributed by atoms with Gasteiger partial charge in [-0.15, -0.1) is 0 Å². The standard InChI is InChI=1S/C11H11NO4S/c1-6-9-4-3-8(11(12)13)5-10(9)17(14,15)7(2)16-6/h3-5,7H,1H2,2H3,(H2,12,13).